The van der Waals surface area contributed by atoms with E-state index in [0.29, 0.717) is 12.1 Å². The highest BCUT2D eigenvalue weighted by Crippen LogP contribution is 2.34. The van der Waals surface area contributed by atoms with Crippen LogP contribution in [0.2, 0.25) is 0 Å². The molecule has 26 heavy (non-hydrogen) atoms. The van der Waals surface area contributed by atoms with E-state index in [2.05, 4.69) is 45.9 Å². The molecule has 0 unspecified atom stereocenters. The lowest BCUT2D eigenvalue weighted by Crippen LogP contribution is -2.54. The molecule has 0 spiro atoms. The van der Waals surface area contributed by atoms with Crippen molar-refractivity contribution < 1.29 is 9.90 Å². The molecule has 2 N–H and O–H groups in total. The molecule has 4 nitrogen and oxygen atoms in total. The third-order valence-corrected chi connectivity index (χ3v) is 6.42. The average molecular weight is 371 g/mol. The lowest BCUT2D eigenvalue weighted by molar-refractivity contribution is -0.139. The van der Waals surface area contributed by atoms with Gasteiger partial charge in [-0.3, -0.25) is 9.69 Å². The number of hydrogen-bond donors (Lipinski definition) is 2. The molecule has 2 aliphatic carbocycles. The van der Waals surface area contributed by atoms with Crippen molar-refractivity contribution in [1.29, 1.82) is 0 Å². The second-order valence-electron chi connectivity index (χ2n) is 7.64. The quantitative estimate of drug-likeness (QED) is 0.704. The zero-order valence-electron chi connectivity index (χ0n) is 14.9. The van der Waals surface area contributed by atoms with Crippen LogP contribution in [0.4, 0.5) is 0 Å². The maximum Gasteiger partial charge on any atom is 0.317 e. The van der Waals surface area contributed by atoms with Gasteiger partial charge in [0.2, 0.25) is 0 Å². The highest BCUT2D eigenvalue weighted by molar-refractivity contribution is 7.10. The van der Waals surface area contributed by atoms with Crippen molar-refractivity contribution in [3.05, 3.63) is 46.7 Å². The van der Waals surface area contributed by atoms with Crippen LogP contribution >= 0.6 is 11.3 Å². The molecular formula is C21H26N2O2S. The summed E-state index contributed by atoms with van der Waals surface area (Å²) in [4.78, 5) is 14.7. The summed E-state index contributed by atoms with van der Waals surface area (Å²) in [5.41, 5.74) is 2.55. The number of carboxylic acid groups (broad SMARTS) is 1. The van der Waals surface area contributed by atoms with Gasteiger partial charge in [0.1, 0.15) is 0 Å². The number of thiophene rings is 1. The molecule has 2 saturated carbocycles. The molecule has 2 aliphatic rings. The summed E-state index contributed by atoms with van der Waals surface area (Å²) < 4.78 is 0. The lowest BCUT2D eigenvalue weighted by Gasteiger charge is -2.43. The number of benzene rings is 1. The minimum Gasteiger partial charge on any atom is -0.480 e. The van der Waals surface area contributed by atoms with Crippen molar-refractivity contribution >= 4 is 17.3 Å². The third-order valence-electron chi connectivity index (χ3n) is 5.48. The Morgan fingerprint density at radius 1 is 1.19 bits per heavy atom. The number of carbonyl (C=O) groups is 1. The highest BCUT2D eigenvalue weighted by atomic mass is 32.1. The first-order chi connectivity index (χ1) is 12.7. The molecule has 138 valence electrons. The van der Waals surface area contributed by atoms with Gasteiger partial charge in [-0.15, -0.1) is 11.3 Å². The smallest absolute Gasteiger partial charge is 0.317 e. The van der Waals surface area contributed by atoms with Crippen LogP contribution in [-0.2, 0) is 11.3 Å². The SMILES string of the molecule is O=C(O)CN(CC1CC1)C1CC(NCc2cc(-c3ccccc3)cs2)C1. The van der Waals surface area contributed by atoms with Gasteiger partial charge in [0, 0.05) is 30.1 Å². The molecule has 0 atom stereocenters. The Bertz CT molecular complexity index is 735. The fourth-order valence-electron chi connectivity index (χ4n) is 3.70. The van der Waals surface area contributed by atoms with Gasteiger partial charge in [0.25, 0.3) is 0 Å². The third kappa shape index (κ3) is 4.53. The van der Waals surface area contributed by atoms with E-state index in [0.717, 1.165) is 31.8 Å². The first-order valence-electron chi connectivity index (χ1n) is 9.49. The van der Waals surface area contributed by atoms with Crippen molar-refractivity contribution in [3.63, 3.8) is 0 Å². The molecule has 0 amide bonds. The van der Waals surface area contributed by atoms with Crippen LogP contribution in [-0.4, -0.2) is 41.1 Å². The fourth-order valence-corrected chi connectivity index (χ4v) is 4.55. The molecule has 0 bridgehead atoms. The van der Waals surface area contributed by atoms with Crippen LogP contribution in [0.15, 0.2) is 41.8 Å². The van der Waals surface area contributed by atoms with Gasteiger partial charge >= 0.3 is 5.97 Å². The highest BCUT2D eigenvalue weighted by Gasteiger charge is 2.36. The number of nitrogens with one attached hydrogen (secondary N) is 1. The summed E-state index contributed by atoms with van der Waals surface area (Å²) in [6, 6.07) is 13.7. The molecule has 1 heterocycles. The first-order valence-corrected chi connectivity index (χ1v) is 10.4. The Balaban J connectivity index is 1.24. The van der Waals surface area contributed by atoms with E-state index in [1.165, 1.54) is 28.8 Å². The van der Waals surface area contributed by atoms with E-state index in [1.54, 1.807) is 11.3 Å². The number of aliphatic carboxylic acids is 1. The summed E-state index contributed by atoms with van der Waals surface area (Å²) >= 11 is 1.80. The number of rotatable bonds is 9. The van der Waals surface area contributed by atoms with Gasteiger partial charge in [-0.25, -0.2) is 0 Å². The average Bonchev–Trinajstić information content (AvgIpc) is 3.28. The zero-order chi connectivity index (χ0) is 17.9. The summed E-state index contributed by atoms with van der Waals surface area (Å²) in [5, 5.41) is 15.0. The molecule has 0 saturated heterocycles. The molecular weight excluding hydrogens is 344 g/mol. The monoisotopic (exact) mass is 370 g/mol. The molecule has 1 aromatic heterocycles. The Morgan fingerprint density at radius 3 is 2.65 bits per heavy atom. The normalized spacial score (nSPS) is 22.3. The van der Waals surface area contributed by atoms with Crippen molar-refractivity contribution in [3.8, 4) is 11.1 Å². The minimum absolute atomic E-state index is 0.194. The van der Waals surface area contributed by atoms with E-state index >= 15 is 0 Å². The standard InChI is InChI=1S/C21H26N2O2S/c24-21(25)13-23(12-15-6-7-15)19-9-18(10-19)22-11-20-8-17(14-26-20)16-4-2-1-3-5-16/h1-5,8,14-15,18-19,22H,6-7,9-13H2,(H,24,25). The second kappa shape index (κ2) is 7.91. The summed E-state index contributed by atoms with van der Waals surface area (Å²) in [6.45, 7) is 2.06. The molecule has 0 aliphatic heterocycles. The fraction of sp³-hybridized carbons (Fsp3) is 0.476. The largest absolute Gasteiger partial charge is 0.480 e. The van der Waals surface area contributed by atoms with Crippen molar-refractivity contribution in [2.24, 2.45) is 5.92 Å². The van der Waals surface area contributed by atoms with E-state index in [1.807, 2.05) is 6.07 Å². The summed E-state index contributed by atoms with van der Waals surface area (Å²) in [7, 11) is 0. The van der Waals surface area contributed by atoms with Crippen molar-refractivity contribution in [1.82, 2.24) is 10.2 Å². The zero-order valence-corrected chi connectivity index (χ0v) is 15.8. The number of carboxylic acids is 1. The molecule has 2 fully saturated rings. The van der Waals surface area contributed by atoms with Crippen LogP contribution < -0.4 is 5.32 Å². The molecule has 2 aromatic rings. The topological polar surface area (TPSA) is 52.6 Å². The number of hydrogen-bond acceptors (Lipinski definition) is 4. The molecule has 5 heteroatoms. The van der Waals surface area contributed by atoms with Crippen LogP contribution in [0, 0.1) is 5.92 Å². The Labute approximate surface area is 158 Å². The molecule has 0 radical (unpaired) electrons. The van der Waals surface area contributed by atoms with Crippen LogP contribution in [0.3, 0.4) is 0 Å². The van der Waals surface area contributed by atoms with Gasteiger partial charge in [-0.2, -0.15) is 0 Å². The molecule has 4 rings (SSSR count). The van der Waals surface area contributed by atoms with Gasteiger partial charge in [0.05, 0.1) is 6.54 Å². The Morgan fingerprint density at radius 2 is 1.96 bits per heavy atom. The van der Waals surface area contributed by atoms with Crippen molar-refractivity contribution in [2.75, 3.05) is 13.1 Å². The second-order valence-corrected chi connectivity index (χ2v) is 8.63. The van der Waals surface area contributed by atoms with Gasteiger partial charge in [-0.05, 0) is 54.2 Å². The van der Waals surface area contributed by atoms with Crippen LogP contribution in [0.25, 0.3) is 11.1 Å². The maximum atomic E-state index is 11.1. The van der Waals surface area contributed by atoms with E-state index in [-0.39, 0.29) is 6.54 Å². The summed E-state index contributed by atoms with van der Waals surface area (Å²) in [5.74, 6) is 0.0398. The Hall–Kier alpha value is -1.69. The van der Waals surface area contributed by atoms with E-state index in [4.69, 9.17) is 5.11 Å². The minimum atomic E-state index is -0.700. The predicted octanol–water partition coefficient (Wildman–Crippen LogP) is 3.83. The van der Waals surface area contributed by atoms with E-state index < -0.39 is 5.97 Å². The first kappa shape index (κ1) is 17.7. The predicted molar refractivity (Wildman–Crippen MR) is 105 cm³/mol. The van der Waals surface area contributed by atoms with E-state index in [9.17, 15) is 4.79 Å². The lowest BCUT2D eigenvalue weighted by atomic mass is 9.85. The van der Waals surface area contributed by atoms with Crippen molar-refractivity contribution in [2.45, 2.75) is 44.3 Å². The molecule has 1 aromatic carbocycles. The van der Waals surface area contributed by atoms with Gasteiger partial charge < -0.3 is 10.4 Å². The van der Waals surface area contributed by atoms with Crippen LogP contribution in [0.5, 0.6) is 0 Å². The summed E-state index contributed by atoms with van der Waals surface area (Å²) in [6.07, 6.45) is 4.67. The Kier molecular flexibility index (Phi) is 5.38. The number of nitrogens with zero attached hydrogens (tertiary/aromatic N) is 1. The van der Waals surface area contributed by atoms with Crippen LogP contribution in [0.1, 0.15) is 30.6 Å². The van der Waals surface area contributed by atoms with Gasteiger partial charge in [0.15, 0.2) is 0 Å². The maximum absolute atomic E-state index is 11.1. The van der Waals surface area contributed by atoms with Gasteiger partial charge in [-0.1, -0.05) is 30.3 Å².